The first-order valence-corrected chi connectivity index (χ1v) is 8.52. The number of thioether (sulfide) groups is 1. The van der Waals surface area contributed by atoms with E-state index in [1.807, 2.05) is 57.3 Å². The fourth-order valence-electron chi connectivity index (χ4n) is 2.49. The second-order valence-corrected chi connectivity index (χ2v) is 7.12. The Balaban J connectivity index is 1.90. The van der Waals surface area contributed by atoms with Crippen molar-refractivity contribution in [3.63, 3.8) is 0 Å². The Morgan fingerprint density at radius 2 is 2.00 bits per heavy atom. The Kier molecular flexibility index (Phi) is 4.37. The van der Waals surface area contributed by atoms with E-state index in [0.29, 0.717) is 9.23 Å². The summed E-state index contributed by atoms with van der Waals surface area (Å²) in [5, 5.41) is 4.21. The molecule has 4 nitrogen and oxygen atoms in total. The summed E-state index contributed by atoms with van der Waals surface area (Å²) < 4.78 is 2.39. The van der Waals surface area contributed by atoms with Gasteiger partial charge in [0, 0.05) is 18.3 Å². The van der Waals surface area contributed by atoms with Gasteiger partial charge in [0.25, 0.3) is 5.91 Å². The monoisotopic (exact) mass is 343 g/mol. The zero-order valence-corrected chi connectivity index (χ0v) is 14.8. The van der Waals surface area contributed by atoms with Crippen LogP contribution in [0.15, 0.2) is 41.4 Å². The van der Waals surface area contributed by atoms with E-state index in [1.54, 1.807) is 15.8 Å². The van der Waals surface area contributed by atoms with Gasteiger partial charge in [-0.2, -0.15) is 5.10 Å². The SMILES string of the molecule is Cc1c(/C=C2/SC(=S)N([C@@H](C)c3ccccc3)C2=O)cnn1C. The average molecular weight is 343 g/mol. The van der Waals surface area contributed by atoms with Crippen molar-refractivity contribution in [1.82, 2.24) is 14.7 Å². The smallest absolute Gasteiger partial charge is 0.266 e. The van der Waals surface area contributed by atoms with Crippen molar-refractivity contribution < 1.29 is 4.79 Å². The number of carbonyl (C=O) groups is 1. The van der Waals surface area contributed by atoms with Crippen LogP contribution in [0.25, 0.3) is 6.08 Å². The third kappa shape index (κ3) is 2.96. The maximum Gasteiger partial charge on any atom is 0.266 e. The van der Waals surface area contributed by atoms with Crippen molar-refractivity contribution in [2.24, 2.45) is 7.05 Å². The van der Waals surface area contributed by atoms with E-state index in [2.05, 4.69) is 5.10 Å². The number of carbonyl (C=O) groups excluding carboxylic acids is 1. The molecule has 6 heteroatoms. The highest BCUT2D eigenvalue weighted by atomic mass is 32.2. The molecule has 0 spiro atoms. The van der Waals surface area contributed by atoms with E-state index < -0.39 is 0 Å². The molecule has 0 aliphatic carbocycles. The molecule has 23 heavy (non-hydrogen) atoms. The number of hydrogen-bond donors (Lipinski definition) is 0. The number of benzene rings is 1. The second-order valence-electron chi connectivity index (χ2n) is 5.45. The predicted molar refractivity (Wildman–Crippen MR) is 97.8 cm³/mol. The quantitative estimate of drug-likeness (QED) is 0.629. The summed E-state index contributed by atoms with van der Waals surface area (Å²) in [5.74, 6) is -0.0420. The number of amides is 1. The fraction of sp³-hybridized carbons (Fsp3) is 0.235. The maximum atomic E-state index is 12.8. The minimum Gasteiger partial charge on any atom is -0.286 e. The van der Waals surface area contributed by atoms with Crippen LogP contribution in [0.3, 0.4) is 0 Å². The molecule has 0 unspecified atom stereocenters. The Bertz CT molecular complexity index is 795. The third-order valence-electron chi connectivity index (χ3n) is 4.05. The summed E-state index contributed by atoms with van der Waals surface area (Å²) in [6, 6.07) is 9.85. The molecule has 1 aromatic heterocycles. The van der Waals surface area contributed by atoms with Crippen molar-refractivity contribution in [1.29, 1.82) is 0 Å². The van der Waals surface area contributed by atoms with E-state index >= 15 is 0 Å². The minimum atomic E-state index is -0.0791. The Morgan fingerprint density at radius 3 is 2.61 bits per heavy atom. The van der Waals surface area contributed by atoms with E-state index in [-0.39, 0.29) is 11.9 Å². The van der Waals surface area contributed by atoms with Gasteiger partial charge in [-0.05, 0) is 25.5 Å². The lowest BCUT2D eigenvalue weighted by Gasteiger charge is -2.23. The Hall–Kier alpha value is -1.92. The van der Waals surface area contributed by atoms with Gasteiger partial charge in [-0.3, -0.25) is 14.4 Å². The lowest BCUT2D eigenvalue weighted by molar-refractivity contribution is -0.123. The number of aryl methyl sites for hydroxylation is 1. The van der Waals surface area contributed by atoms with Gasteiger partial charge >= 0.3 is 0 Å². The Labute approximate surface area is 145 Å². The van der Waals surface area contributed by atoms with Crippen molar-refractivity contribution in [3.05, 3.63) is 58.3 Å². The molecule has 1 saturated heterocycles. The van der Waals surface area contributed by atoms with E-state index in [0.717, 1.165) is 16.8 Å². The largest absolute Gasteiger partial charge is 0.286 e. The molecule has 0 N–H and O–H groups in total. The molecule has 1 aliphatic heterocycles. The summed E-state index contributed by atoms with van der Waals surface area (Å²) >= 11 is 6.78. The van der Waals surface area contributed by atoms with Gasteiger partial charge in [0.05, 0.1) is 17.1 Å². The molecule has 2 aromatic rings. The first-order chi connectivity index (χ1) is 11.0. The van der Waals surface area contributed by atoms with E-state index in [4.69, 9.17) is 12.2 Å². The van der Waals surface area contributed by atoms with Crippen LogP contribution in [0.5, 0.6) is 0 Å². The average Bonchev–Trinajstić information content (AvgIpc) is 3.01. The highest BCUT2D eigenvalue weighted by molar-refractivity contribution is 8.26. The number of hydrogen-bond acceptors (Lipinski definition) is 4. The molecular weight excluding hydrogens is 326 g/mol. The molecule has 118 valence electrons. The molecular formula is C17H17N3OS2. The Morgan fingerprint density at radius 1 is 1.30 bits per heavy atom. The van der Waals surface area contributed by atoms with E-state index in [1.165, 1.54) is 11.8 Å². The molecule has 0 radical (unpaired) electrons. The first-order valence-electron chi connectivity index (χ1n) is 7.29. The van der Waals surface area contributed by atoms with Crippen molar-refractivity contribution >= 4 is 40.3 Å². The van der Waals surface area contributed by atoms with Gasteiger partial charge in [0.15, 0.2) is 0 Å². The van der Waals surface area contributed by atoms with Crippen LogP contribution in [0.4, 0.5) is 0 Å². The lowest BCUT2D eigenvalue weighted by atomic mass is 10.1. The second kappa shape index (κ2) is 6.29. The lowest BCUT2D eigenvalue weighted by Crippen LogP contribution is -2.30. The molecule has 1 aliphatic rings. The van der Waals surface area contributed by atoms with Crippen molar-refractivity contribution in [2.75, 3.05) is 0 Å². The zero-order chi connectivity index (χ0) is 16.6. The number of nitrogens with zero attached hydrogens (tertiary/aromatic N) is 3. The highest BCUT2D eigenvalue weighted by Crippen LogP contribution is 2.38. The van der Waals surface area contributed by atoms with Crippen LogP contribution >= 0.6 is 24.0 Å². The molecule has 1 fully saturated rings. The summed E-state index contributed by atoms with van der Waals surface area (Å²) in [6.07, 6.45) is 3.64. The van der Waals surface area contributed by atoms with Crippen LogP contribution < -0.4 is 0 Å². The molecule has 2 heterocycles. The molecule has 1 atom stereocenters. The van der Waals surface area contributed by atoms with Crippen molar-refractivity contribution in [3.8, 4) is 0 Å². The van der Waals surface area contributed by atoms with Crippen LogP contribution in [0, 0.1) is 6.92 Å². The van der Waals surface area contributed by atoms with Gasteiger partial charge in [-0.25, -0.2) is 0 Å². The first kappa shape index (κ1) is 16.0. The van der Waals surface area contributed by atoms with E-state index in [9.17, 15) is 4.79 Å². The van der Waals surface area contributed by atoms with Crippen LogP contribution in [-0.4, -0.2) is 24.9 Å². The van der Waals surface area contributed by atoms with Gasteiger partial charge in [0.1, 0.15) is 4.32 Å². The summed E-state index contributed by atoms with van der Waals surface area (Å²) in [4.78, 5) is 15.1. The topological polar surface area (TPSA) is 38.1 Å². The normalized spacial score (nSPS) is 18.0. The van der Waals surface area contributed by atoms with Gasteiger partial charge < -0.3 is 0 Å². The van der Waals surface area contributed by atoms with Crippen molar-refractivity contribution in [2.45, 2.75) is 19.9 Å². The maximum absolute atomic E-state index is 12.8. The molecule has 0 saturated carbocycles. The molecule has 1 amide bonds. The highest BCUT2D eigenvalue weighted by Gasteiger charge is 2.36. The van der Waals surface area contributed by atoms with Crippen LogP contribution in [0.1, 0.15) is 29.8 Å². The minimum absolute atomic E-state index is 0.0420. The summed E-state index contributed by atoms with van der Waals surface area (Å²) in [6.45, 7) is 3.98. The van der Waals surface area contributed by atoms with Gasteiger partial charge in [-0.1, -0.05) is 54.3 Å². The molecule has 3 rings (SSSR count). The van der Waals surface area contributed by atoms with Gasteiger partial charge in [-0.15, -0.1) is 0 Å². The number of rotatable bonds is 3. The van der Waals surface area contributed by atoms with Gasteiger partial charge in [0.2, 0.25) is 0 Å². The molecule has 1 aromatic carbocycles. The zero-order valence-electron chi connectivity index (χ0n) is 13.2. The molecule has 0 bridgehead atoms. The predicted octanol–water partition coefficient (Wildman–Crippen LogP) is 3.69. The summed E-state index contributed by atoms with van der Waals surface area (Å²) in [7, 11) is 1.88. The standard InChI is InChI=1S/C17H17N3OS2/c1-11-14(10-18-19(11)3)9-15-16(21)20(17(22)23-15)12(2)13-7-5-4-6-8-13/h4-10,12H,1-3H3/b15-9+/t12-/m0/s1. The fourth-order valence-corrected chi connectivity index (χ4v) is 3.90. The summed E-state index contributed by atoms with van der Waals surface area (Å²) in [5.41, 5.74) is 3.04. The third-order valence-corrected chi connectivity index (χ3v) is 5.38. The number of aromatic nitrogens is 2. The number of thiocarbonyl (C=S) groups is 1. The van der Waals surface area contributed by atoms with Crippen LogP contribution in [0.2, 0.25) is 0 Å². The van der Waals surface area contributed by atoms with Crippen LogP contribution in [-0.2, 0) is 11.8 Å².